The van der Waals surface area contributed by atoms with Gasteiger partial charge in [0.25, 0.3) is 0 Å². The van der Waals surface area contributed by atoms with Crippen LogP contribution in [0, 0.1) is 0 Å². The van der Waals surface area contributed by atoms with Crippen LogP contribution in [0.15, 0.2) is 0 Å². The zero-order chi connectivity index (χ0) is 5.41. The molecule has 0 aliphatic carbocycles. The molecule has 42 valence electrons. The predicted molar refractivity (Wildman–Crippen MR) is 33.0 cm³/mol. The SMILES string of the molecule is CBr.NCCN.[Zn]. The smallest absolute Gasteiger partial charge is 0.00461 e. The van der Waals surface area contributed by atoms with Crippen LogP contribution in [-0.4, -0.2) is 18.9 Å². The molecule has 0 heterocycles. The summed E-state index contributed by atoms with van der Waals surface area (Å²) in [4.78, 5) is 0. The van der Waals surface area contributed by atoms with Gasteiger partial charge in [-0.1, -0.05) is 15.9 Å². The summed E-state index contributed by atoms with van der Waals surface area (Å²) in [5.74, 6) is 1.81. The number of hydrogen-bond acceptors (Lipinski definition) is 2. The van der Waals surface area contributed by atoms with Crippen LogP contribution in [0.3, 0.4) is 0 Å². The van der Waals surface area contributed by atoms with Gasteiger partial charge in [0, 0.05) is 32.6 Å². The molecule has 2 nitrogen and oxygen atoms in total. The maximum Gasteiger partial charge on any atom is 0.00461 e. The van der Waals surface area contributed by atoms with Gasteiger partial charge in [0.15, 0.2) is 0 Å². The van der Waals surface area contributed by atoms with Crippen LogP contribution in [0.1, 0.15) is 0 Å². The molecule has 0 aromatic rings. The minimum Gasteiger partial charge on any atom is -0.329 e. The van der Waals surface area contributed by atoms with E-state index in [0.29, 0.717) is 13.1 Å². The molecule has 0 aromatic heterocycles. The van der Waals surface area contributed by atoms with Crippen molar-refractivity contribution in [1.29, 1.82) is 0 Å². The van der Waals surface area contributed by atoms with Crippen LogP contribution in [0.4, 0.5) is 0 Å². The number of alkyl halides is 1. The molecule has 0 aliphatic rings. The minimum atomic E-state index is 0. The van der Waals surface area contributed by atoms with Crippen LogP contribution in [0.5, 0.6) is 0 Å². The second-order valence-electron chi connectivity index (χ2n) is 0.577. The van der Waals surface area contributed by atoms with Crippen molar-refractivity contribution in [2.24, 2.45) is 11.5 Å². The van der Waals surface area contributed by atoms with E-state index >= 15 is 0 Å². The Kier molecular flexibility index (Phi) is 62.5. The van der Waals surface area contributed by atoms with Crippen LogP contribution < -0.4 is 11.5 Å². The maximum absolute atomic E-state index is 4.90. The second-order valence-corrected chi connectivity index (χ2v) is 0.577. The largest absolute Gasteiger partial charge is 0.329 e. The van der Waals surface area contributed by atoms with Crippen LogP contribution in [0.2, 0.25) is 0 Å². The molecule has 0 spiro atoms. The molecule has 0 aromatic carbocycles. The van der Waals surface area contributed by atoms with Crippen molar-refractivity contribution in [1.82, 2.24) is 0 Å². The summed E-state index contributed by atoms with van der Waals surface area (Å²) in [5.41, 5.74) is 9.81. The first kappa shape index (κ1) is 15.7. The molecule has 0 saturated heterocycles. The van der Waals surface area contributed by atoms with Crippen molar-refractivity contribution >= 4 is 15.9 Å². The first-order valence-electron chi connectivity index (χ1n) is 1.69. The third-order valence-corrected chi connectivity index (χ3v) is 0.167. The Hall–Kier alpha value is 1.02. The van der Waals surface area contributed by atoms with Crippen molar-refractivity contribution < 1.29 is 19.5 Å². The molecular weight excluding hydrogens is 209 g/mol. The average Bonchev–Trinajstić information content (AvgIpc) is 1.72. The topological polar surface area (TPSA) is 52.0 Å². The zero-order valence-electron chi connectivity index (χ0n) is 4.65. The van der Waals surface area contributed by atoms with Gasteiger partial charge in [-0.3, -0.25) is 0 Å². The monoisotopic (exact) mass is 218 g/mol. The summed E-state index contributed by atoms with van der Waals surface area (Å²) in [6.45, 7) is 1.19. The number of nitrogens with two attached hydrogens (primary N) is 2. The van der Waals surface area contributed by atoms with E-state index in [0.717, 1.165) is 0 Å². The summed E-state index contributed by atoms with van der Waals surface area (Å²) in [6.07, 6.45) is 0. The van der Waals surface area contributed by atoms with Gasteiger partial charge in [0.2, 0.25) is 0 Å². The average molecular weight is 220 g/mol. The molecular formula is C3H11BrN2Zn. The summed E-state index contributed by atoms with van der Waals surface area (Å²) in [6, 6.07) is 0. The van der Waals surface area contributed by atoms with Crippen molar-refractivity contribution in [3.05, 3.63) is 0 Å². The Balaban J connectivity index is -0.0000000480. The van der Waals surface area contributed by atoms with Crippen LogP contribution in [0.25, 0.3) is 0 Å². The van der Waals surface area contributed by atoms with Crippen molar-refractivity contribution in [3.8, 4) is 0 Å². The second kappa shape index (κ2) is 27.9. The van der Waals surface area contributed by atoms with Crippen molar-refractivity contribution in [2.45, 2.75) is 0 Å². The Bertz CT molecular complexity index is 14.9. The van der Waals surface area contributed by atoms with Crippen LogP contribution in [-0.2, 0) is 19.5 Å². The maximum atomic E-state index is 4.90. The van der Waals surface area contributed by atoms with E-state index in [9.17, 15) is 0 Å². The van der Waals surface area contributed by atoms with Crippen molar-refractivity contribution in [3.63, 3.8) is 0 Å². The van der Waals surface area contributed by atoms with Gasteiger partial charge in [0.1, 0.15) is 0 Å². The van der Waals surface area contributed by atoms with E-state index in [4.69, 9.17) is 11.5 Å². The Morgan fingerprint density at radius 3 is 1.29 bits per heavy atom. The molecule has 0 bridgehead atoms. The fourth-order valence-electron chi connectivity index (χ4n) is 0. The summed E-state index contributed by atoms with van der Waals surface area (Å²) in [5, 5.41) is 0. The summed E-state index contributed by atoms with van der Waals surface area (Å²) >= 11 is 2.94. The first-order chi connectivity index (χ1) is 2.91. The fraction of sp³-hybridized carbons (Fsp3) is 1.00. The van der Waals surface area contributed by atoms with Gasteiger partial charge in [-0.15, -0.1) is 0 Å². The van der Waals surface area contributed by atoms with E-state index in [1.165, 1.54) is 0 Å². The normalized spacial score (nSPS) is 5.14. The Morgan fingerprint density at radius 2 is 1.29 bits per heavy atom. The summed E-state index contributed by atoms with van der Waals surface area (Å²) in [7, 11) is 0. The molecule has 0 aliphatic heterocycles. The quantitative estimate of drug-likeness (QED) is 0.479. The van der Waals surface area contributed by atoms with E-state index in [1.807, 2.05) is 5.83 Å². The van der Waals surface area contributed by atoms with Gasteiger partial charge < -0.3 is 11.5 Å². The molecule has 7 heavy (non-hydrogen) atoms. The van der Waals surface area contributed by atoms with Crippen molar-refractivity contribution in [2.75, 3.05) is 18.9 Å². The van der Waals surface area contributed by atoms with E-state index in [-0.39, 0.29) is 19.5 Å². The Labute approximate surface area is 65.9 Å². The van der Waals surface area contributed by atoms with Crippen LogP contribution >= 0.6 is 15.9 Å². The van der Waals surface area contributed by atoms with E-state index in [1.54, 1.807) is 0 Å². The molecule has 0 fully saturated rings. The van der Waals surface area contributed by atoms with Gasteiger partial charge >= 0.3 is 0 Å². The summed E-state index contributed by atoms with van der Waals surface area (Å²) < 4.78 is 0. The van der Waals surface area contributed by atoms with E-state index in [2.05, 4.69) is 15.9 Å². The molecule has 4 N–H and O–H groups in total. The fourth-order valence-corrected chi connectivity index (χ4v) is 0. The third-order valence-electron chi connectivity index (χ3n) is 0.167. The van der Waals surface area contributed by atoms with Gasteiger partial charge in [-0.05, 0) is 5.83 Å². The first-order valence-corrected chi connectivity index (χ1v) is 3.28. The van der Waals surface area contributed by atoms with Gasteiger partial charge in [-0.2, -0.15) is 0 Å². The van der Waals surface area contributed by atoms with Gasteiger partial charge in [0.05, 0.1) is 0 Å². The number of hydrogen-bond donors (Lipinski definition) is 2. The molecule has 0 unspecified atom stereocenters. The standard InChI is InChI=1S/C2H8N2.CH3Br.Zn/c3-1-2-4;1-2;/h1-4H2;1H3;. The molecule has 0 radical (unpaired) electrons. The van der Waals surface area contributed by atoms with Gasteiger partial charge in [-0.25, -0.2) is 0 Å². The molecule has 0 amide bonds. The molecule has 0 saturated carbocycles. The number of halogens is 1. The minimum absolute atomic E-state index is 0. The predicted octanol–water partition coefficient (Wildman–Crippen LogP) is -0.0876. The van der Waals surface area contributed by atoms with E-state index < -0.39 is 0 Å². The third kappa shape index (κ3) is 43.3. The molecule has 4 heteroatoms. The molecule has 0 rings (SSSR count). The molecule has 0 atom stereocenters. The number of rotatable bonds is 1. The Morgan fingerprint density at radius 1 is 1.14 bits per heavy atom. The zero-order valence-corrected chi connectivity index (χ0v) is 9.21.